The first-order chi connectivity index (χ1) is 9.29. The van der Waals surface area contributed by atoms with Crippen molar-refractivity contribution < 1.29 is 0 Å². The van der Waals surface area contributed by atoms with Gasteiger partial charge >= 0.3 is 0 Å². The van der Waals surface area contributed by atoms with Crippen molar-refractivity contribution in [2.75, 3.05) is 19.0 Å². The molecule has 0 spiro atoms. The summed E-state index contributed by atoms with van der Waals surface area (Å²) in [5.41, 5.74) is 0.688. The van der Waals surface area contributed by atoms with Crippen molar-refractivity contribution in [1.82, 2.24) is 30.3 Å². The van der Waals surface area contributed by atoms with E-state index in [0.717, 1.165) is 5.82 Å². The number of anilines is 1. The van der Waals surface area contributed by atoms with Crippen LogP contribution < -0.4 is 10.2 Å². The summed E-state index contributed by atoms with van der Waals surface area (Å²) in [6.45, 7) is 0. The highest BCUT2D eigenvalue weighted by atomic mass is 15.5. The van der Waals surface area contributed by atoms with Crippen LogP contribution in [0.1, 0.15) is 25.7 Å². The van der Waals surface area contributed by atoms with Crippen molar-refractivity contribution in [3.8, 4) is 0 Å². The van der Waals surface area contributed by atoms with Gasteiger partial charge in [-0.2, -0.15) is 4.52 Å². The molecule has 102 valence electrons. The lowest BCUT2D eigenvalue weighted by atomic mass is 9.90. The Kier molecular flexibility index (Phi) is 3.29. The number of aromatic nitrogens is 5. The van der Waals surface area contributed by atoms with E-state index in [0.29, 0.717) is 17.7 Å². The second-order valence-corrected chi connectivity index (χ2v) is 5.12. The van der Waals surface area contributed by atoms with Crippen LogP contribution in [0.4, 0.5) is 5.82 Å². The van der Waals surface area contributed by atoms with E-state index >= 15 is 0 Å². The molecule has 0 aliphatic heterocycles. The molecule has 0 aromatic carbocycles. The number of hydrogen-bond acceptors (Lipinski definition) is 6. The van der Waals surface area contributed by atoms with Gasteiger partial charge < -0.3 is 10.2 Å². The Hall–Kier alpha value is -1.76. The topological polar surface area (TPSA) is 71.2 Å². The summed E-state index contributed by atoms with van der Waals surface area (Å²) in [7, 11) is 4.14. The van der Waals surface area contributed by atoms with Crippen LogP contribution in [0.5, 0.6) is 0 Å². The number of hydrogen-bond donors (Lipinski definition) is 1. The molecule has 1 fully saturated rings. The molecule has 1 aliphatic carbocycles. The first-order valence-electron chi connectivity index (χ1n) is 6.72. The maximum atomic E-state index is 4.21. The van der Waals surface area contributed by atoms with Crippen LogP contribution in [0.25, 0.3) is 5.65 Å². The molecule has 2 aromatic rings. The molecule has 19 heavy (non-hydrogen) atoms. The van der Waals surface area contributed by atoms with Crippen molar-refractivity contribution in [3.05, 3.63) is 12.4 Å². The molecule has 1 aliphatic rings. The Morgan fingerprint density at radius 2 is 2.05 bits per heavy atom. The fraction of sp³-hybridized carbons (Fsp3) is 0.667. The van der Waals surface area contributed by atoms with E-state index in [1.807, 2.05) is 13.2 Å². The van der Waals surface area contributed by atoms with E-state index in [1.54, 1.807) is 10.7 Å². The molecule has 0 bridgehead atoms. The van der Waals surface area contributed by atoms with Gasteiger partial charge in [-0.25, -0.2) is 0 Å². The van der Waals surface area contributed by atoms with Crippen LogP contribution in [-0.4, -0.2) is 51.2 Å². The van der Waals surface area contributed by atoms with E-state index in [2.05, 4.69) is 37.8 Å². The van der Waals surface area contributed by atoms with Crippen LogP contribution in [0.2, 0.25) is 0 Å². The zero-order valence-electron chi connectivity index (χ0n) is 11.3. The lowest BCUT2D eigenvalue weighted by molar-refractivity contribution is 0.350. The van der Waals surface area contributed by atoms with E-state index < -0.39 is 0 Å². The van der Waals surface area contributed by atoms with E-state index in [9.17, 15) is 0 Å². The summed E-state index contributed by atoms with van der Waals surface area (Å²) in [6, 6.07) is 1.19. The van der Waals surface area contributed by atoms with Crippen LogP contribution in [0.3, 0.4) is 0 Å². The van der Waals surface area contributed by atoms with Gasteiger partial charge in [0, 0.05) is 19.1 Å². The first-order valence-corrected chi connectivity index (χ1v) is 6.72. The Bertz CT molecular complexity index is 544. The fourth-order valence-electron chi connectivity index (χ4n) is 2.84. The van der Waals surface area contributed by atoms with Gasteiger partial charge in [-0.3, -0.25) is 4.98 Å². The number of rotatable bonds is 3. The lowest BCUT2D eigenvalue weighted by Crippen LogP contribution is -2.40. The van der Waals surface area contributed by atoms with E-state index in [4.69, 9.17) is 0 Å². The lowest BCUT2D eigenvalue weighted by Gasteiger charge is -2.35. The standard InChI is InChI=1S/C12H19N7/c1-13-9-3-5-10(6-4-9)18(2)12-8-14-7-11-15-16-17-19(11)12/h7-10,13H,3-6H2,1-2H3. The van der Waals surface area contributed by atoms with Crippen molar-refractivity contribution >= 4 is 11.5 Å². The molecule has 7 nitrogen and oxygen atoms in total. The minimum absolute atomic E-state index is 0.529. The zero-order chi connectivity index (χ0) is 13.2. The molecule has 0 unspecified atom stereocenters. The van der Waals surface area contributed by atoms with Crippen LogP contribution in [0, 0.1) is 0 Å². The molecule has 1 saturated carbocycles. The van der Waals surface area contributed by atoms with Crippen molar-refractivity contribution in [2.45, 2.75) is 37.8 Å². The van der Waals surface area contributed by atoms with Crippen molar-refractivity contribution in [2.24, 2.45) is 0 Å². The molecular formula is C12H19N7. The number of tetrazole rings is 1. The molecule has 1 N–H and O–H groups in total. The molecule has 7 heteroatoms. The maximum Gasteiger partial charge on any atom is 0.199 e. The Morgan fingerprint density at radius 3 is 2.79 bits per heavy atom. The molecule has 2 aromatic heterocycles. The zero-order valence-corrected chi connectivity index (χ0v) is 11.3. The van der Waals surface area contributed by atoms with E-state index in [1.165, 1.54) is 25.7 Å². The van der Waals surface area contributed by atoms with Gasteiger partial charge in [-0.15, -0.1) is 5.10 Å². The molecule has 0 atom stereocenters. The van der Waals surface area contributed by atoms with Gasteiger partial charge in [0.1, 0.15) is 0 Å². The summed E-state index contributed by atoms with van der Waals surface area (Å²) in [4.78, 5) is 6.47. The number of fused-ring (bicyclic) bond motifs is 1. The molecule has 3 rings (SSSR count). The predicted octanol–water partition coefficient (Wildman–Crippen LogP) is 0.486. The quantitative estimate of drug-likeness (QED) is 0.867. The van der Waals surface area contributed by atoms with Gasteiger partial charge in [0.25, 0.3) is 0 Å². The Balaban J connectivity index is 1.80. The third kappa shape index (κ3) is 2.25. The summed E-state index contributed by atoms with van der Waals surface area (Å²) < 4.78 is 1.75. The SMILES string of the molecule is CNC1CCC(N(C)c2cncc3nnnn23)CC1. The number of nitrogens with zero attached hydrogens (tertiary/aromatic N) is 6. The van der Waals surface area contributed by atoms with Gasteiger partial charge in [-0.05, 0) is 43.2 Å². The number of nitrogens with one attached hydrogen (secondary N) is 1. The smallest absolute Gasteiger partial charge is 0.199 e. The highest BCUT2D eigenvalue weighted by Crippen LogP contribution is 2.25. The van der Waals surface area contributed by atoms with Crippen LogP contribution >= 0.6 is 0 Å². The van der Waals surface area contributed by atoms with Gasteiger partial charge in [0.2, 0.25) is 0 Å². The highest BCUT2D eigenvalue weighted by molar-refractivity contribution is 5.46. The summed E-state index contributed by atoms with van der Waals surface area (Å²) in [5.74, 6) is 0.954. The van der Waals surface area contributed by atoms with Gasteiger partial charge in [-0.1, -0.05) is 0 Å². The second-order valence-electron chi connectivity index (χ2n) is 5.12. The predicted molar refractivity (Wildman–Crippen MR) is 72.1 cm³/mol. The summed E-state index contributed by atoms with van der Waals surface area (Å²) >= 11 is 0. The monoisotopic (exact) mass is 261 g/mol. The molecular weight excluding hydrogens is 242 g/mol. The largest absolute Gasteiger partial charge is 0.355 e. The normalized spacial score (nSPS) is 23.7. The van der Waals surface area contributed by atoms with Gasteiger partial charge in [0.15, 0.2) is 11.5 Å². The van der Waals surface area contributed by atoms with Crippen molar-refractivity contribution in [1.29, 1.82) is 0 Å². The van der Waals surface area contributed by atoms with Crippen LogP contribution in [0.15, 0.2) is 12.4 Å². The average Bonchev–Trinajstić information content (AvgIpc) is 2.95. The fourth-order valence-corrected chi connectivity index (χ4v) is 2.84. The molecule has 0 saturated heterocycles. The summed E-state index contributed by atoms with van der Waals surface area (Å²) in [5, 5.41) is 15.0. The van der Waals surface area contributed by atoms with Gasteiger partial charge in [0.05, 0.1) is 12.4 Å². The third-order valence-corrected chi connectivity index (χ3v) is 4.10. The summed E-state index contributed by atoms with van der Waals surface area (Å²) in [6.07, 6.45) is 8.29. The first kappa shape index (κ1) is 12.3. The highest BCUT2D eigenvalue weighted by Gasteiger charge is 2.24. The maximum absolute atomic E-state index is 4.21. The molecule has 0 radical (unpaired) electrons. The minimum Gasteiger partial charge on any atom is -0.355 e. The third-order valence-electron chi connectivity index (χ3n) is 4.10. The molecule has 0 amide bonds. The second kappa shape index (κ2) is 5.08. The van der Waals surface area contributed by atoms with Crippen molar-refractivity contribution in [3.63, 3.8) is 0 Å². The Morgan fingerprint density at radius 1 is 1.26 bits per heavy atom. The van der Waals surface area contributed by atoms with E-state index in [-0.39, 0.29) is 0 Å². The minimum atomic E-state index is 0.529. The van der Waals surface area contributed by atoms with Crippen LogP contribution in [-0.2, 0) is 0 Å². The molecule has 2 heterocycles. The average molecular weight is 261 g/mol. The Labute approximate surface area is 112 Å².